The molecule has 0 fully saturated rings. The predicted molar refractivity (Wildman–Crippen MR) is 67.8 cm³/mol. The van der Waals surface area contributed by atoms with Crippen LogP contribution in [0.1, 0.15) is 13.8 Å². The molecule has 0 aliphatic carbocycles. The second kappa shape index (κ2) is 4.88. The molecule has 1 aromatic heterocycles. The smallest absolute Gasteiger partial charge is 0.191 e. The minimum atomic E-state index is -0.770. The second-order valence-electron chi connectivity index (χ2n) is 4.31. The van der Waals surface area contributed by atoms with Gasteiger partial charge in [0.1, 0.15) is 11.6 Å². The zero-order valence-electron chi connectivity index (χ0n) is 10.1. The van der Waals surface area contributed by atoms with Crippen molar-refractivity contribution in [3.63, 3.8) is 0 Å². The Bertz CT molecular complexity index is 364. The third kappa shape index (κ3) is 3.86. The number of aromatic nitrogens is 2. The third-order valence-corrected chi connectivity index (χ3v) is 2.46. The molecular formula is C10H18N4OS. The first-order valence-electron chi connectivity index (χ1n) is 4.94. The first-order chi connectivity index (χ1) is 7.31. The lowest BCUT2D eigenvalue weighted by Gasteiger charge is -2.26. The van der Waals surface area contributed by atoms with Gasteiger partial charge >= 0.3 is 0 Å². The van der Waals surface area contributed by atoms with E-state index >= 15 is 0 Å². The molecule has 0 bridgehead atoms. The maximum Gasteiger partial charge on any atom is 0.191 e. The summed E-state index contributed by atoms with van der Waals surface area (Å²) in [4.78, 5) is 10.3. The van der Waals surface area contributed by atoms with Crippen LogP contribution in [0, 0.1) is 0 Å². The van der Waals surface area contributed by atoms with Crippen molar-refractivity contribution in [3.8, 4) is 0 Å². The number of thioether (sulfide) groups is 1. The maximum atomic E-state index is 9.72. The highest BCUT2D eigenvalue weighted by Crippen LogP contribution is 2.19. The topological polar surface area (TPSA) is 75.3 Å². The van der Waals surface area contributed by atoms with Crippen molar-refractivity contribution in [3.05, 3.63) is 6.07 Å². The lowest BCUT2D eigenvalue weighted by atomic mass is 10.1. The molecule has 3 N–H and O–H groups in total. The summed E-state index contributed by atoms with van der Waals surface area (Å²) in [6, 6.07) is 1.70. The SMILES string of the molecule is CSc1nc(N)cc(N(C)CC(C)(C)O)n1. The van der Waals surface area contributed by atoms with E-state index in [9.17, 15) is 5.11 Å². The molecule has 0 aliphatic heterocycles. The highest BCUT2D eigenvalue weighted by Gasteiger charge is 2.17. The van der Waals surface area contributed by atoms with Crippen LogP contribution in [-0.4, -0.2) is 40.5 Å². The van der Waals surface area contributed by atoms with E-state index in [0.717, 1.165) is 5.82 Å². The minimum absolute atomic E-state index is 0.442. The number of nitrogens with zero attached hydrogens (tertiary/aromatic N) is 3. The summed E-state index contributed by atoms with van der Waals surface area (Å²) >= 11 is 1.44. The zero-order valence-corrected chi connectivity index (χ0v) is 10.9. The van der Waals surface area contributed by atoms with Crippen molar-refractivity contribution in [2.45, 2.75) is 24.6 Å². The molecular weight excluding hydrogens is 224 g/mol. The van der Waals surface area contributed by atoms with Crippen molar-refractivity contribution < 1.29 is 5.11 Å². The van der Waals surface area contributed by atoms with E-state index < -0.39 is 5.60 Å². The summed E-state index contributed by atoms with van der Waals surface area (Å²) in [5, 5.41) is 10.4. The number of hydrogen-bond acceptors (Lipinski definition) is 6. The van der Waals surface area contributed by atoms with Gasteiger partial charge in [0.05, 0.1) is 5.60 Å². The van der Waals surface area contributed by atoms with Gasteiger partial charge in [-0.15, -0.1) is 0 Å². The van der Waals surface area contributed by atoms with Gasteiger partial charge in [-0.3, -0.25) is 0 Å². The molecule has 0 aromatic carbocycles. The number of hydrogen-bond donors (Lipinski definition) is 2. The van der Waals surface area contributed by atoms with Gasteiger partial charge in [0, 0.05) is 19.7 Å². The van der Waals surface area contributed by atoms with Crippen LogP contribution in [0.3, 0.4) is 0 Å². The van der Waals surface area contributed by atoms with Crippen LogP contribution in [0.25, 0.3) is 0 Å². The first kappa shape index (κ1) is 13.1. The summed E-state index contributed by atoms with van der Waals surface area (Å²) in [5.74, 6) is 1.16. The maximum absolute atomic E-state index is 9.72. The normalized spacial score (nSPS) is 11.6. The lowest BCUT2D eigenvalue weighted by Crippen LogP contribution is -2.36. The zero-order chi connectivity index (χ0) is 12.3. The second-order valence-corrected chi connectivity index (χ2v) is 5.08. The Morgan fingerprint density at radius 3 is 2.62 bits per heavy atom. The van der Waals surface area contributed by atoms with Gasteiger partial charge in [-0.25, -0.2) is 9.97 Å². The number of aliphatic hydroxyl groups is 1. The number of nitrogen functional groups attached to an aromatic ring is 1. The summed E-state index contributed by atoms with van der Waals surface area (Å²) < 4.78 is 0. The van der Waals surface area contributed by atoms with E-state index in [4.69, 9.17) is 5.73 Å². The summed E-state index contributed by atoms with van der Waals surface area (Å²) in [6.45, 7) is 3.99. The molecule has 0 aliphatic rings. The van der Waals surface area contributed by atoms with Gasteiger partial charge < -0.3 is 15.7 Å². The Balaban J connectivity index is 2.90. The van der Waals surface area contributed by atoms with Crippen molar-refractivity contribution in [2.75, 3.05) is 30.5 Å². The van der Waals surface area contributed by atoms with Crippen LogP contribution in [0.2, 0.25) is 0 Å². The molecule has 6 heteroatoms. The molecule has 90 valence electrons. The Morgan fingerprint density at radius 1 is 1.50 bits per heavy atom. The van der Waals surface area contributed by atoms with Crippen LogP contribution in [0.5, 0.6) is 0 Å². The quantitative estimate of drug-likeness (QED) is 0.606. The summed E-state index contributed by atoms with van der Waals surface area (Å²) in [5.41, 5.74) is 4.91. The average molecular weight is 242 g/mol. The lowest BCUT2D eigenvalue weighted by molar-refractivity contribution is 0.0884. The van der Waals surface area contributed by atoms with E-state index in [1.165, 1.54) is 11.8 Å². The van der Waals surface area contributed by atoms with Crippen molar-refractivity contribution in [1.82, 2.24) is 9.97 Å². The van der Waals surface area contributed by atoms with Crippen LogP contribution in [0.4, 0.5) is 11.6 Å². The minimum Gasteiger partial charge on any atom is -0.389 e. The summed E-state index contributed by atoms with van der Waals surface area (Å²) in [6.07, 6.45) is 1.90. The molecule has 0 atom stereocenters. The number of likely N-dealkylation sites (N-methyl/N-ethyl adjacent to an activating group) is 1. The molecule has 0 radical (unpaired) electrons. The average Bonchev–Trinajstić information content (AvgIpc) is 2.14. The molecule has 1 heterocycles. The Kier molecular flexibility index (Phi) is 3.98. The van der Waals surface area contributed by atoms with Crippen molar-refractivity contribution >= 4 is 23.4 Å². The molecule has 1 rings (SSSR count). The van der Waals surface area contributed by atoms with Gasteiger partial charge in [0.15, 0.2) is 5.16 Å². The number of anilines is 2. The fourth-order valence-electron chi connectivity index (χ4n) is 1.38. The van der Waals surface area contributed by atoms with Gasteiger partial charge in [-0.05, 0) is 20.1 Å². The Labute approximate surface area is 100 Å². The fraction of sp³-hybridized carbons (Fsp3) is 0.600. The van der Waals surface area contributed by atoms with Crippen molar-refractivity contribution in [1.29, 1.82) is 0 Å². The van der Waals surface area contributed by atoms with Crippen LogP contribution >= 0.6 is 11.8 Å². The van der Waals surface area contributed by atoms with Crippen LogP contribution < -0.4 is 10.6 Å². The highest BCUT2D eigenvalue weighted by atomic mass is 32.2. The molecule has 0 unspecified atom stereocenters. The molecule has 5 nitrogen and oxygen atoms in total. The van der Waals surface area contributed by atoms with Gasteiger partial charge in [0.25, 0.3) is 0 Å². The Morgan fingerprint density at radius 2 is 2.12 bits per heavy atom. The van der Waals surface area contributed by atoms with Crippen molar-refractivity contribution in [2.24, 2.45) is 0 Å². The third-order valence-electron chi connectivity index (χ3n) is 1.91. The first-order valence-corrected chi connectivity index (χ1v) is 6.16. The Hall–Kier alpha value is -1.01. The van der Waals surface area contributed by atoms with Crippen LogP contribution in [-0.2, 0) is 0 Å². The van der Waals surface area contributed by atoms with E-state index in [2.05, 4.69) is 9.97 Å². The largest absolute Gasteiger partial charge is 0.389 e. The molecule has 0 spiro atoms. The highest BCUT2D eigenvalue weighted by molar-refractivity contribution is 7.98. The predicted octanol–water partition coefficient (Wildman–Crippen LogP) is 0.988. The number of rotatable bonds is 4. The fourth-order valence-corrected chi connectivity index (χ4v) is 1.76. The van der Waals surface area contributed by atoms with Gasteiger partial charge in [0.2, 0.25) is 0 Å². The summed E-state index contributed by atoms with van der Waals surface area (Å²) in [7, 11) is 1.86. The van der Waals surface area contributed by atoms with E-state index in [0.29, 0.717) is 17.5 Å². The van der Waals surface area contributed by atoms with E-state index in [1.807, 2.05) is 18.2 Å². The number of nitrogens with two attached hydrogens (primary N) is 1. The molecule has 0 saturated heterocycles. The van der Waals surface area contributed by atoms with Crippen LogP contribution in [0.15, 0.2) is 11.2 Å². The van der Waals surface area contributed by atoms with E-state index in [-0.39, 0.29) is 0 Å². The van der Waals surface area contributed by atoms with E-state index in [1.54, 1.807) is 19.9 Å². The monoisotopic (exact) mass is 242 g/mol. The van der Waals surface area contributed by atoms with Gasteiger partial charge in [-0.1, -0.05) is 11.8 Å². The molecule has 0 saturated carbocycles. The standard InChI is InChI=1S/C10H18N4OS/c1-10(2,15)6-14(3)8-5-7(11)12-9(13-8)16-4/h5,15H,6H2,1-4H3,(H2,11,12,13). The van der Waals surface area contributed by atoms with Gasteiger partial charge in [-0.2, -0.15) is 0 Å². The molecule has 0 amide bonds. The molecule has 16 heavy (non-hydrogen) atoms. The molecule has 1 aromatic rings.